The van der Waals surface area contributed by atoms with Crippen LogP contribution in [0, 0.1) is 12.7 Å². The molecule has 0 saturated heterocycles. The van der Waals surface area contributed by atoms with Gasteiger partial charge in [-0.2, -0.15) is 0 Å². The van der Waals surface area contributed by atoms with E-state index in [-0.39, 0.29) is 5.82 Å². The average molecular weight is 303 g/mol. The minimum absolute atomic E-state index is 0.267. The fraction of sp³-hybridized carbons (Fsp3) is 0.375. The number of aryl methyl sites for hydroxylation is 1. The molecule has 0 aliphatic rings. The summed E-state index contributed by atoms with van der Waals surface area (Å²) in [7, 11) is 1.72. The molecule has 0 aliphatic carbocycles. The van der Waals surface area contributed by atoms with Gasteiger partial charge in [0.05, 0.1) is 5.69 Å². The van der Waals surface area contributed by atoms with Crippen molar-refractivity contribution in [3.05, 3.63) is 47.8 Å². The Morgan fingerprint density at radius 1 is 1.36 bits per heavy atom. The molecule has 0 radical (unpaired) electrons. The second-order valence-electron chi connectivity index (χ2n) is 4.98. The van der Waals surface area contributed by atoms with Gasteiger partial charge in [0.15, 0.2) is 5.96 Å². The van der Waals surface area contributed by atoms with E-state index < -0.39 is 0 Å². The van der Waals surface area contributed by atoms with Crippen LogP contribution in [0.4, 0.5) is 4.39 Å². The topological polar surface area (TPSA) is 54.2 Å². The van der Waals surface area contributed by atoms with Crippen molar-refractivity contribution in [3.8, 4) is 5.69 Å². The third kappa shape index (κ3) is 3.84. The van der Waals surface area contributed by atoms with Crippen LogP contribution in [0.1, 0.15) is 24.7 Å². The zero-order chi connectivity index (χ0) is 15.9. The van der Waals surface area contributed by atoms with Gasteiger partial charge in [0.2, 0.25) is 0 Å². The van der Waals surface area contributed by atoms with Gasteiger partial charge in [-0.1, -0.05) is 13.0 Å². The Labute approximate surface area is 130 Å². The molecule has 0 unspecified atom stereocenters. The third-order valence-electron chi connectivity index (χ3n) is 3.32. The molecule has 0 aliphatic heterocycles. The lowest BCUT2D eigenvalue weighted by Gasteiger charge is -2.12. The quantitative estimate of drug-likeness (QED) is 0.659. The monoisotopic (exact) mass is 303 g/mol. The predicted octanol–water partition coefficient (Wildman–Crippen LogP) is 2.39. The van der Waals surface area contributed by atoms with Crippen molar-refractivity contribution in [2.24, 2.45) is 4.99 Å². The number of nitrogens with one attached hydrogen (secondary N) is 2. The summed E-state index contributed by atoms with van der Waals surface area (Å²) in [6.07, 6.45) is 4.43. The highest BCUT2D eigenvalue weighted by molar-refractivity contribution is 5.79. The third-order valence-corrected chi connectivity index (χ3v) is 3.32. The summed E-state index contributed by atoms with van der Waals surface area (Å²) in [5.74, 6) is 1.21. The summed E-state index contributed by atoms with van der Waals surface area (Å²) in [6, 6.07) is 5.20. The van der Waals surface area contributed by atoms with Crippen molar-refractivity contribution in [1.82, 2.24) is 20.2 Å². The van der Waals surface area contributed by atoms with Gasteiger partial charge in [0, 0.05) is 32.5 Å². The first-order valence-corrected chi connectivity index (χ1v) is 7.39. The van der Waals surface area contributed by atoms with Gasteiger partial charge in [-0.15, -0.1) is 0 Å². The summed E-state index contributed by atoms with van der Waals surface area (Å²) in [6.45, 7) is 5.31. The molecular formula is C16H22FN5. The Morgan fingerprint density at radius 2 is 2.18 bits per heavy atom. The Kier molecular flexibility index (Phi) is 5.52. The first kappa shape index (κ1) is 16.0. The molecule has 22 heavy (non-hydrogen) atoms. The smallest absolute Gasteiger partial charge is 0.191 e. The van der Waals surface area contributed by atoms with Crippen LogP contribution in [0.15, 0.2) is 35.6 Å². The maximum Gasteiger partial charge on any atom is 0.191 e. The first-order chi connectivity index (χ1) is 10.7. The van der Waals surface area contributed by atoms with E-state index >= 15 is 0 Å². The van der Waals surface area contributed by atoms with E-state index in [4.69, 9.17) is 0 Å². The van der Waals surface area contributed by atoms with Crippen molar-refractivity contribution in [2.75, 3.05) is 13.6 Å². The van der Waals surface area contributed by atoms with E-state index in [1.807, 2.05) is 13.0 Å². The molecule has 118 valence electrons. The van der Waals surface area contributed by atoms with Crippen molar-refractivity contribution >= 4 is 5.96 Å². The number of nitrogens with zero attached hydrogens (tertiary/aromatic N) is 3. The van der Waals surface area contributed by atoms with Gasteiger partial charge in [0.25, 0.3) is 0 Å². The summed E-state index contributed by atoms with van der Waals surface area (Å²) in [4.78, 5) is 8.24. The lowest BCUT2D eigenvalue weighted by Crippen LogP contribution is -2.37. The predicted molar refractivity (Wildman–Crippen MR) is 86.8 cm³/mol. The van der Waals surface area contributed by atoms with Crippen molar-refractivity contribution < 1.29 is 4.39 Å². The minimum Gasteiger partial charge on any atom is -0.356 e. The molecule has 1 aromatic carbocycles. The molecule has 6 heteroatoms. The van der Waals surface area contributed by atoms with Crippen LogP contribution < -0.4 is 10.6 Å². The highest BCUT2D eigenvalue weighted by Gasteiger charge is 2.08. The number of benzene rings is 1. The molecular weight excluding hydrogens is 281 g/mol. The Balaban J connectivity index is 2.05. The van der Waals surface area contributed by atoms with Gasteiger partial charge in [0.1, 0.15) is 11.6 Å². The number of hydrogen-bond donors (Lipinski definition) is 2. The summed E-state index contributed by atoms with van der Waals surface area (Å²) in [5.41, 5.74) is 1.37. The van der Waals surface area contributed by atoms with Crippen LogP contribution in [0.2, 0.25) is 0 Å². The Hall–Kier alpha value is -2.37. The molecule has 0 atom stereocenters. The molecule has 2 aromatic rings. The number of aliphatic imine (C=N–C) groups is 1. The highest BCUT2D eigenvalue weighted by Crippen LogP contribution is 2.16. The fourth-order valence-electron chi connectivity index (χ4n) is 2.14. The molecule has 5 nitrogen and oxygen atoms in total. The van der Waals surface area contributed by atoms with Crippen LogP contribution in [0.5, 0.6) is 0 Å². The van der Waals surface area contributed by atoms with Gasteiger partial charge >= 0.3 is 0 Å². The zero-order valence-electron chi connectivity index (χ0n) is 13.2. The number of aromatic nitrogens is 2. The summed E-state index contributed by atoms with van der Waals surface area (Å²) in [5, 5.41) is 6.34. The van der Waals surface area contributed by atoms with Crippen LogP contribution in [0.25, 0.3) is 5.69 Å². The molecule has 2 N–H and O–H groups in total. The Morgan fingerprint density at radius 3 is 2.77 bits per heavy atom. The van der Waals surface area contributed by atoms with Crippen LogP contribution >= 0.6 is 0 Å². The first-order valence-electron chi connectivity index (χ1n) is 7.39. The fourth-order valence-corrected chi connectivity index (χ4v) is 2.14. The summed E-state index contributed by atoms with van der Waals surface area (Å²) >= 11 is 0. The van der Waals surface area contributed by atoms with Gasteiger partial charge in [-0.05, 0) is 31.0 Å². The zero-order valence-corrected chi connectivity index (χ0v) is 13.2. The lowest BCUT2D eigenvalue weighted by molar-refractivity contribution is 0.613. The second-order valence-corrected chi connectivity index (χ2v) is 4.98. The van der Waals surface area contributed by atoms with E-state index in [9.17, 15) is 4.39 Å². The molecule has 0 amide bonds. The molecule has 1 aromatic heterocycles. The molecule has 0 fully saturated rings. The molecule has 1 heterocycles. The number of rotatable bonds is 5. The largest absolute Gasteiger partial charge is 0.356 e. The van der Waals surface area contributed by atoms with Gasteiger partial charge < -0.3 is 15.2 Å². The van der Waals surface area contributed by atoms with Gasteiger partial charge in [-0.3, -0.25) is 4.99 Å². The van der Waals surface area contributed by atoms with Crippen molar-refractivity contribution in [1.29, 1.82) is 0 Å². The highest BCUT2D eigenvalue weighted by atomic mass is 19.1. The van der Waals surface area contributed by atoms with Gasteiger partial charge in [-0.25, -0.2) is 9.37 Å². The molecule has 2 rings (SSSR count). The number of guanidine groups is 1. The maximum atomic E-state index is 14.3. The number of imidazole rings is 1. The lowest BCUT2D eigenvalue weighted by atomic mass is 10.2. The Bertz CT molecular complexity index is 648. The van der Waals surface area contributed by atoms with E-state index in [1.54, 1.807) is 30.1 Å². The van der Waals surface area contributed by atoms with Crippen LogP contribution in [-0.4, -0.2) is 29.1 Å². The second kappa shape index (κ2) is 7.59. The average Bonchev–Trinajstić information content (AvgIpc) is 2.93. The number of hydrogen-bond acceptors (Lipinski definition) is 2. The SMILES string of the molecule is CCCNC(=NC)NCc1ccc(-n2ccnc2C)c(F)c1. The van der Waals surface area contributed by atoms with E-state index in [0.29, 0.717) is 12.2 Å². The van der Waals surface area contributed by atoms with E-state index in [1.165, 1.54) is 6.07 Å². The maximum absolute atomic E-state index is 14.3. The van der Waals surface area contributed by atoms with Crippen molar-refractivity contribution in [2.45, 2.75) is 26.8 Å². The van der Waals surface area contributed by atoms with Crippen LogP contribution in [0.3, 0.4) is 0 Å². The van der Waals surface area contributed by atoms with E-state index in [0.717, 1.165) is 30.3 Å². The van der Waals surface area contributed by atoms with E-state index in [2.05, 4.69) is 27.5 Å². The van der Waals surface area contributed by atoms with Crippen LogP contribution in [-0.2, 0) is 6.54 Å². The standard InChI is InChI=1S/C16H22FN5/c1-4-7-20-16(18-3)21-11-13-5-6-15(14(17)10-13)22-9-8-19-12(22)2/h5-6,8-10H,4,7,11H2,1-3H3,(H2,18,20,21). The minimum atomic E-state index is -0.267. The number of halogens is 1. The summed E-state index contributed by atoms with van der Waals surface area (Å²) < 4.78 is 16.0. The molecule has 0 saturated carbocycles. The molecule has 0 spiro atoms. The van der Waals surface area contributed by atoms with Crippen molar-refractivity contribution in [3.63, 3.8) is 0 Å². The molecule has 0 bridgehead atoms. The normalized spacial score (nSPS) is 11.5.